The number of rotatable bonds is 6. The van der Waals surface area contributed by atoms with Crippen molar-refractivity contribution in [1.29, 1.82) is 0 Å². The Labute approximate surface area is 121 Å². The van der Waals surface area contributed by atoms with Crippen molar-refractivity contribution in [1.82, 2.24) is 10.6 Å². The van der Waals surface area contributed by atoms with Gasteiger partial charge in [0, 0.05) is 4.88 Å². The lowest BCUT2D eigenvalue weighted by Gasteiger charge is -2.08. The first-order chi connectivity index (χ1) is 9.67. The van der Waals surface area contributed by atoms with Gasteiger partial charge in [-0.1, -0.05) is 0 Å². The molecule has 0 radical (unpaired) electrons. The molecule has 0 aliphatic heterocycles. The summed E-state index contributed by atoms with van der Waals surface area (Å²) in [6.07, 6.45) is -5.26. The highest BCUT2D eigenvalue weighted by molar-refractivity contribution is 7.13. The molecule has 1 heterocycles. The van der Waals surface area contributed by atoms with Crippen molar-refractivity contribution in [3.8, 4) is 0 Å². The highest BCUT2D eigenvalue weighted by Crippen LogP contribution is 2.16. The summed E-state index contributed by atoms with van der Waals surface area (Å²) in [5, 5.41) is 12.6. The third kappa shape index (κ3) is 6.75. The number of aromatic carboxylic acids is 1. The molecule has 1 rings (SSSR count). The smallest absolute Gasteiger partial charge is 0.405 e. The maximum Gasteiger partial charge on any atom is 0.405 e. The van der Waals surface area contributed by atoms with Crippen LogP contribution >= 0.6 is 11.3 Å². The molecular weight excluding hydrogens is 313 g/mol. The molecule has 6 nitrogen and oxygen atoms in total. The molecule has 1 aromatic heterocycles. The second-order valence-corrected chi connectivity index (χ2v) is 5.08. The van der Waals surface area contributed by atoms with Crippen LogP contribution in [-0.4, -0.2) is 35.6 Å². The number of amides is 2. The van der Waals surface area contributed by atoms with E-state index in [9.17, 15) is 27.6 Å². The maximum atomic E-state index is 11.8. The number of thiophene rings is 1. The van der Waals surface area contributed by atoms with Crippen LogP contribution in [0, 0.1) is 0 Å². The number of carboxylic acids is 1. The molecule has 0 aromatic carbocycles. The van der Waals surface area contributed by atoms with Gasteiger partial charge in [0.15, 0.2) is 0 Å². The summed E-state index contributed by atoms with van der Waals surface area (Å²) in [6, 6.07) is 2.86. The first-order valence-corrected chi connectivity index (χ1v) is 6.41. The Hall–Kier alpha value is -2.10. The van der Waals surface area contributed by atoms with E-state index < -0.39 is 36.9 Å². The van der Waals surface area contributed by atoms with Crippen LogP contribution in [0.4, 0.5) is 13.2 Å². The van der Waals surface area contributed by atoms with Gasteiger partial charge in [0.25, 0.3) is 0 Å². The zero-order valence-corrected chi connectivity index (χ0v) is 11.3. The molecule has 21 heavy (non-hydrogen) atoms. The van der Waals surface area contributed by atoms with E-state index in [0.717, 1.165) is 11.3 Å². The molecule has 1 aromatic rings. The lowest BCUT2D eigenvalue weighted by atomic mass is 10.3. The average Bonchev–Trinajstić information content (AvgIpc) is 2.82. The Morgan fingerprint density at radius 1 is 1.14 bits per heavy atom. The Kier molecular flexibility index (Phi) is 5.70. The third-order valence-electron chi connectivity index (χ3n) is 2.14. The summed E-state index contributed by atoms with van der Waals surface area (Å²) in [5.41, 5.74) is 0. The summed E-state index contributed by atoms with van der Waals surface area (Å²) >= 11 is 0.952. The minimum atomic E-state index is -4.53. The molecule has 0 saturated carbocycles. The number of hydrogen-bond acceptors (Lipinski definition) is 4. The lowest BCUT2D eigenvalue weighted by molar-refractivity contribution is -0.140. The highest BCUT2D eigenvalue weighted by Gasteiger charge is 2.27. The third-order valence-corrected chi connectivity index (χ3v) is 3.21. The number of carboxylic acid groups (broad SMARTS) is 1. The van der Waals surface area contributed by atoms with Gasteiger partial charge in [-0.25, -0.2) is 4.79 Å². The van der Waals surface area contributed by atoms with E-state index in [1.807, 2.05) is 0 Å². The molecule has 0 bridgehead atoms. The molecule has 2 amide bonds. The summed E-state index contributed by atoms with van der Waals surface area (Å²) in [5.74, 6) is -2.88. The Bertz CT molecular complexity index is 542. The molecule has 0 aliphatic rings. The van der Waals surface area contributed by atoms with E-state index in [-0.39, 0.29) is 11.4 Å². The molecule has 3 N–H and O–H groups in total. The monoisotopic (exact) mass is 324 g/mol. The minimum absolute atomic E-state index is 0.00330. The topological polar surface area (TPSA) is 95.5 Å². The lowest BCUT2D eigenvalue weighted by Crippen LogP contribution is -2.36. The molecule has 0 saturated heterocycles. The first-order valence-electron chi connectivity index (χ1n) is 5.59. The summed E-state index contributed by atoms with van der Waals surface area (Å²) < 4.78 is 35.5. The number of nitrogens with one attached hydrogen (secondary N) is 2. The number of carbonyl (C=O) groups is 3. The number of alkyl halides is 3. The van der Waals surface area contributed by atoms with Crippen molar-refractivity contribution in [3.63, 3.8) is 0 Å². The van der Waals surface area contributed by atoms with Crippen LogP contribution < -0.4 is 10.6 Å². The zero-order valence-electron chi connectivity index (χ0n) is 10.5. The van der Waals surface area contributed by atoms with Gasteiger partial charge in [-0.3, -0.25) is 9.59 Å². The van der Waals surface area contributed by atoms with E-state index in [4.69, 9.17) is 5.11 Å². The molecule has 10 heteroatoms. The standard InChI is InChI=1S/C11H11F3N2O4S/c12-11(13,14)5-16-9(18)3-8(17)15-4-6-1-2-7(21-6)10(19)20/h1-2H,3-5H2,(H,15,17)(H,16,18)(H,19,20). The van der Waals surface area contributed by atoms with E-state index in [1.165, 1.54) is 12.1 Å². The average molecular weight is 324 g/mol. The zero-order chi connectivity index (χ0) is 16.0. The highest BCUT2D eigenvalue weighted by atomic mass is 32.1. The molecule has 0 unspecified atom stereocenters. The summed E-state index contributed by atoms with van der Waals surface area (Å²) in [4.78, 5) is 33.7. The van der Waals surface area contributed by atoms with E-state index >= 15 is 0 Å². The van der Waals surface area contributed by atoms with Crippen LogP contribution in [0.1, 0.15) is 21.0 Å². The molecule has 0 fully saturated rings. The summed E-state index contributed by atoms with van der Waals surface area (Å²) in [6.45, 7) is -1.49. The van der Waals surface area contributed by atoms with E-state index in [0.29, 0.717) is 4.88 Å². The van der Waals surface area contributed by atoms with Crippen LogP contribution in [0.2, 0.25) is 0 Å². The van der Waals surface area contributed by atoms with Crippen molar-refractivity contribution in [2.24, 2.45) is 0 Å². The van der Waals surface area contributed by atoms with Gasteiger partial charge in [-0.2, -0.15) is 13.2 Å². The van der Waals surface area contributed by atoms with Crippen LogP contribution in [0.3, 0.4) is 0 Å². The maximum absolute atomic E-state index is 11.8. The second-order valence-electron chi connectivity index (χ2n) is 3.92. The minimum Gasteiger partial charge on any atom is -0.477 e. The predicted molar refractivity (Wildman–Crippen MR) is 66.8 cm³/mol. The number of carbonyl (C=O) groups excluding carboxylic acids is 2. The molecular formula is C11H11F3N2O4S. The van der Waals surface area contributed by atoms with Crippen LogP contribution in [0.25, 0.3) is 0 Å². The largest absolute Gasteiger partial charge is 0.477 e. The Morgan fingerprint density at radius 2 is 1.76 bits per heavy atom. The first kappa shape index (κ1) is 17.0. The summed E-state index contributed by atoms with van der Waals surface area (Å²) in [7, 11) is 0. The number of halogens is 3. The van der Waals surface area contributed by atoms with Crippen molar-refractivity contribution < 1.29 is 32.7 Å². The van der Waals surface area contributed by atoms with Gasteiger partial charge in [-0.15, -0.1) is 11.3 Å². The molecule has 0 atom stereocenters. The van der Waals surface area contributed by atoms with Crippen LogP contribution in [0.15, 0.2) is 12.1 Å². The van der Waals surface area contributed by atoms with Gasteiger partial charge in [0.2, 0.25) is 11.8 Å². The van der Waals surface area contributed by atoms with Gasteiger partial charge in [-0.05, 0) is 12.1 Å². The predicted octanol–water partition coefficient (Wildman–Crippen LogP) is 1.13. The quantitative estimate of drug-likeness (QED) is 0.684. The molecule has 0 aliphatic carbocycles. The fourth-order valence-electron chi connectivity index (χ4n) is 1.24. The van der Waals surface area contributed by atoms with Crippen LogP contribution in [0.5, 0.6) is 0 Å². The van der Waals surface area contributed by atoms with E-state index in [2.05, 4.69) is 5.32 Å². The van der Waals surface area contributed by atoms with Crippen LogP contribution in [-0.2, 0) is 16.1 Å². The molecule has 116 valence electrons. The van der Waals surface area contributed by atoms with E-state index in [1.54, 1.807) is 5.32 Å². The Balaban J connectivity index is 2.33. The molecule has 0 spiro atoms. The van der Waals surface area contributed by atoms with Gasteiger partial charge in [0.05, 0.1) is 6.54 Å². The van der Waals surface area contributed by atoms with Gasteiger partial charge < -0.3 is 15.7 Å². The van der Waals surface area contributed by atoms with Crippen molar-refractivity contribution in [2.45, 2.75) is 19.1 Å². The fourth-order valence-corrected chi connectivity index (χ4v) is 2.03. The van der Waals surface area contributed by atoms with Gasteiger partial charge in [0.1, 0.15) is 17.8 Å². The Morgan fingerprint density at radius 3 is 2.29 bits per heavy atom. The normalized spacial score (nSPS) is 11.0. The number of hydrogen-bond donors (Lipinski definition) is 3. The van der Waals surface area contributed by atoms with Crippen molar-refractivity contribution >= 4 is 29.1 Å². The SMILES string of the molecule is O=C(CC(=O)NCC(F)(F)F)NCc1ccc(C(=O)O)s1. The van der Waals surface area contributed by atoms with Crippen molar-refractivity contribution in [2.75, 3.05) is 6.54 Å². The second kappa shape index (κ2) is 7.07. The van der Waals surface area contributed by atoms with Crippen molar-refractivity contribution in [3.05, 3.63) is 21.9 Å². The van der Waals surface area contributed by atoms with Gasteiger partial charge >= 0.3 is 12.1 Å². The fraction of sp³-hybridized carbons (Fsp3) is 0.364.